The Morgan fingerprint density at radius 3 is 2.38 bits per heavy atom. The Kier molecular flexibility index (Phi) is 6.49. The first-order valence-electron chi connectivity index (χ1n) is 10.0. The number of hydrogen-bond donors (Lipinski definition) is 1. The zero-order valence-electron chi connectivity index (χ0n) is 17.5. The van der Waals surface area contributed by atoms with E-state index >= 15 is 0 Å². The second kappa shape index (κ2) is 9.05. The molecule has 0 bridgehead atoms. The predicted octanol–water partition coefficient (Wildman–Crippen LogP) is 4.23. The van der Waals surface area contributed by atoms with E-state index in [4.69, 9.17) is 4.74 Å². The SMILES string of the molecule is CCOCCCN1C(=O)C(Nc2ccccc2C)=C(c2ccc(C)c(C)c2)C1=O. The molecule has 29 heavy (non-hydrogen) atoms. The van der Waals surface area contributed by atoms with Gasteiger partial charge in [-0.3, -0.25) is 14.5 Å². The molecule has 2 amide bonds. The molecule has 2 aromatic rings. The molecule has 0 fully saturated rings. The van der Waals surface area contributed by atoms with Gasteiger partial charge in [-0.1, -0.05) is 36.4 Å². The van der Waals surface area contributed by atoms with Crippen molar-refractivity contribution < 1.29 is 14.3 Å². The van der Waals surface area contributed by atoms with Crippen molar-refractivity contribution in [3.63, 3.8) is 0 Å². The highest BCUT2D eigenvalue weighted by Gasteiger charge is 2.39. The van der Waals surface area contributed by atoms with Crippen LogP contribution in [0.1, 0.15) is 35.6 Å². The Balaban J connectivity index is 1.99. The number of carbonyl (C=O) groups is 2. The summed E-state index contributed by atoms with van der Waals surface area (Å²) in [5.41, 5.74) is 5.58. The van der Waals surface area contributed by atoms with Crippen molar-refractivity contribution in [3.05, 3.63) is 70.4 Å². The van der Waals surface area contributed by atoms with E-state index in [2.05, 4.69) is 5.32 Å². The summed E-state index contributed by atoms with van der Waals surface area (Å²) in [5, 5.41) is 3.24. The number of ether oxygens (including phenoxy) is 1. The van der Waals surface area contributed by atoms with Crippen LogP contribution in [0.5, 0.6) is 0 Å². The van der Waals surface area contributed by atoms with Crippen molar-refractivity contribution >= 4 is 23.1 Å². The predicted molar refractivity (Wildman–Crippen MR) is 115 cm³/mol. The lowest BCUT2D eigenvalue weighted by Gasteiger charge is -2.15. The second-order valence-electron chi connectivity index (χ2n) is 7.30. The normalized spacial score (nSPS) is 14.1. The number of anilines is 1. The minimum absolute atomic E-state index is 0.258. The molecule has 5 heteroatoms. The van der Waals surface area contributed by atoms with Crippen LogP contribution in [-0.2, 0) is 14.3 Å². The summed E-state index contributed by atoms with van der Waals surface area (Å²) in [7, 11) is 0. The highest BCUT2D eigenvalue weighted by molar-refractivity contribution is 6.36. The van der Waals surface area contributed by atoms with Crippen molar-refractivity contribution in [3.8, 4) is 0 Å². The van der Waals surface area contributed by atoms with Crippen LogP contribution in [0.2, 0.25) is 0 Å². The molecule has 5 nitrogen and oxygen atoms in total. The zero-order chi connectivity index (χ0) is 21.0. The maximum Gasteiger partial charge on any atom is 0.278 e. The molecule has 3 rings (SSSR count). The molecule has 1 N–H and O–H groups in total. The van der Waals surface area contributed by atoms with Crippen LogP contribution in [0.15, 0.2) is 48.2 Å². The third-order valence-electron chi connectivity index (χ3n) is 5.24. The average Bonchev–Trinajstić information content (AvgIpc) is 2.93. The third kappa shape index (κ3) is 4.40. The molecule has 1 aliphatic rings. The number of amides is 2. The van der Waals surface area contributed by atoms with Crippen LogP contribution < -0.4 is 5.32 Å². The summed E-state index contributed by atoms with van der Waals surface area (Å²) in [5.74, 6) is -0.547. The van der Waals surface area contributed by atoms with Gasteiger partial charge in [0.1, 0.15) is 5.70 Å². The standard InChI is InChI=1S/C24H28N2O3/c1-5-29-14-8-13-26-23(27)21(19-12-11-16(2)18(4)15-19)22(24(26)28)25-20-10-7-6-9-17(20)3/h6-7,9-12,15,25H,5,8,13-14H2,1-4H3. The first-order valence-corrected chi connectivity index (χ1v) is 10.0. The molecule has 0 radical (unpaired) electrons. The highest BCUT2D eigenvalue weighted by Crippen LogP contribution is 2.32. The van der Waals surface area contributed by atoms with E-state index in [0.717, 1.165) is 27.9 Å². The van der Waals surface area contributed by atoms with Crippen LogP contribution in [0, 0.1) is 20.8 Å². The molecule has 0 unspecified atom stereocenters. The Labute approximate surface area is 172 Å². The van der Waals surface area contributed by atoms with Gasteiger partial charge < -0.3 is 10.1 Å². The van der Waals surface area contributed by atoms with Crippen LogP contribution in [0.3, 0.4) is 0 Å². The first-order chi connectivity index (χ1) is 13.9. The average molecular weight is 392 g/mol. The molecule has 1 aliphatic heterocycles. The molecule has 152 valence electrons. The molecule has 0 atom stereocenters. The van der Waals surface area contributed by atoms with Gasteiger partial charge in [-0.15, -0.1) is 0 Å². The van der Waals surface area contributed by atoms with Gasteiger partial charge in [-0.05, 0) is 62.4 Å². The number of carbonyl (C=O) groups excluding carboxylic acids is 2. The van der Waals surface area contributed by atoms with Crippen LogP contribution in [0.4, 0.5) is 5.69 Å². The second-order valence-corrected chi connectivity index (χ2v) is 7.30. The monoisotopic (exact) mass is 392 g/mol. The third-order valence-corrected chi connectivity index (χ3v) is 5.24. The molecule has 0 saturated heterocycles. The highest BCUT2D eigenvalue weighted by atomic mass is 16.5. The lowest BCUT2D eigenvalue weighted by molar-refractivity contribution is -0.137. The molecular weight excluding hydrogens is 364 g/mol. The summed E-state index contributed by atoms with van der Waals surface area (Å²) >= 11 is 0. The minimum atomic E-state index is -0.289. The zero-order valence-corrected chi connectivity index (χ0v) is 17.5. The van der Waals surface area contributed by atoms with Gasteiger partial charge in [-0.25, -0.2) is 0 Å². The van der Waals surface area contributed by atoms with Crippen LogP contribution in [0.25, 0.3) is 5.57 Å². The van der Waals surface area contributed by atoms with E-state index in [1.807, 2.05) is 70.2 Å². The van der Waals surface area contributed by atoms with Crippen molar-refractivity contribution in [2.45, 2.75) is 34.1 Å². The number of imide groups is 1. The number of nitrogens with zero attached hydrogens (tertiary/aromatic N) is 1. The Bertz CT molecular complexity index is 962. The molecule has 0 spiro atoms. The number of rotatable bonds is 8. The van der Waals surface area contributed by atoms with Crippen LogP contribution in [-0.4, -0.2) is 36.5 Å². The fraction of sp³-hybridized carbons (Fsp3) is 0.333. The Morgan fingerprint density at radius 1 is 0.931 bits per heavy atom. The van der Waals surface area contributed by atoms with Gasteiger partial charge in [0.05, 0.1) is 5.57 Å². The molecule has 0 saturated carbocycles. The summed E-state index contributed by atoms with van der Waals surface area (Å²) in [6.45, 7) is 9.41. The van der Waals surface area contributed by atoms with Crippen molar-refractivity contribution in [2.75, 3.05) is 25.1 Å². The first kappa shape index (κ1) is 20.8. The fourth-order valence-corrected chi connectivity index (χ4v) is 3.38. The summed E-state index contributed by atoms with van der Waals surface area (Å²) in [6, 6.07) is 13.6. The summed E-state index contributed by atoms with van der Waals surface area (Å²) in [6.07, 6.45) is 0.614. The van der Waals surface area contributed by atoms with Crippen molar-refractivity contribution in [1.29, 1.82) is 0 Å². The van der Waals surface area contributed by atoms with Crippen molar-refractivity contribution in [2.24, 2.45) is 0 Å². The van der Waals surface area contributed by atoms with Gasteiger partial charge >= 0.3 is 0 Å². The smallest absolute Gasteiger partial charge is 0.278 e. The lowest BCUT2D eigenvalue weighted by Crippen LogP contribution is -2.34. The summed E-state index contributed by atoms with van der Waals surface area (Å²) < 4.78 is 5.36. The molecule has 0 aromatic heterocycles. The van der Waals surface area contributed by atoms with Gasteiger partial charge in [0.15, 0.2) is 0 Å². The molecule has 1 heterocycles. The number of benzene rings is 2. The largest absolute Gasteiger partial charge is 0.382 e. The number of para-hydroxylation sites is 1. The Hall–Kier alpha value is -2.92. The van der Waals surface area contributed by atoms with E-state index in [0.29, 0.717) is 37.4 Å². The topological polar surface area (TPSA) is 58.6 Å². The molecule has 0 aliphatic carbocycles. The van der Waals surface area contributed by atoms with Gasteiger partial charge in [-0.2, -0.15) is 0 Å². The maximum absolute atomic E-state index is 13.2. The Morgan fingerprint density at radius 2 is 1.69 bits per heavy atom. The lowest BCUT2D eigenvalue weighted by atomic mass is 9.99. The summed E-state index contributed by atoms with van der Waals surface area (Å²) in [4.78, 5) is 27.7. The van der Waals surface area contributed by atoms with E-state index in [1.165, 1.54) is 4.90 Å². The van der Waals surface area contributed by atoms with E-state index in [-0.39, 0.29) is 11.8 Å². The quantitative estimate of drug-likeness (QED) is 0.539. The number of hydrogen-bond acceptors (Lipinski definition) is 4. The molecule has 2 aromatic carbocycles. The van der Waals surface area contributed by atoms with Crippen molar-refractivity contribution in [1.82, 2.24) is 4.90 Å². The van der Waals surface area contributed by atoms with Crippen LogP contribution >= 0.6 is 0 Å². The van der Waals surface area contributed by atoms with Gasteiger partial charge in [0, 0.05) is 25.4 Å². The number of aryl methyl sites for hydroxylation is 3. The molecular formula is C24H28N2O3. The van der Waals surface area contributed by atoms with Gasteiger partial charge in [0.2, 0.25) is 0 Å². The fourth-order valence-electron chi connectivity index (χ4n) is 3.38. The number of nitrogens with one attached hydrogen (secondary N) is 1. The van der Waals surface area contributed by atoms with E-state index in [9.17, 15) is 9.59 Å². The van der Waals surface area contributed by atoms with E-state index < -0.39 is 0 Å². The van der Waals surface area contributed by atoms with Gasteiger partial charge in [0.25, 0.3) is 11.8 Å². The minimum Gasteiger partial charge on any atom is -0.382 e. The van der Waals surface area contributed by atoms with E-state index in [1.54, 1.807) is 0 Å². The maximum atomic E-state index is 13.2.